The van der Waals surface area contributed by atoms with Gasteiger partial charge in [-0.05, 0) is 44.0 Å². The van der Waals surface area contributed by atoms with Crippen molar-refractivity contribution in [2.45, 2.75) is 26.2 Å². The number of nitrogens with zero attached hydrogens (tertiary/aromatic N) is 3. The Morgan fingerprint density at radius 2 is 1.91 bits per heavy atom. The van der Waals surface area contributed by atoms with E-state index in [0.29, 0.717) is 40.6 Å². The van der Waals surface area contributed by atoms with E-state index in [-0.39, 0.29) is 17.6 Å². The fraction of sp³-hybridized carbons (Fsp3) is 0.174. The number of nitrogens with one attached hydrogen (secondary N) is 2. The van der Waals surface area contributed by atoms with Crippen molar-refractivity contribution in [3.8, 4) is 0 Å². The van der Waals surface area contributed by atoms with Crippen molar-refractivity contribution in [3.05, 3.63) is 77.0 Å². The van der Waals surface area contributed by atoms with Crippen LogP contribution in [0.25, 0.3) is 10.2 Å². The maximum atomic E-state index is 12.9. The first-order chi connectivity index (χ1) is 15.6. The number of pyridine rings is 1. The quantitative estimate of drug-likeness (QED) is 0.455. The molecule has 2 amide bonds. The molecule has 1 aliphatic carbocycles. The number of hydrazone groups is 1. The van der Waals surface area contributed by atoms with Crippen LogP contribution in [-0.4, -0.2) is 27.5 Å². The zero-order chi connectivity index (χ0) is 22.1. The summed E-state index contributed by atoms with van der Waals surface area (Å²) >= 11 is 1.41. The van der Waals surface area contributed by atoms with Gasteiger partial charge in [0, 0.05) is 35.5 Å². The normalized spacial score (nSPS) is 14.3. The van der Waals surface area contributed by atoms with Crippen molar-refractivity contribution in [3.63, 3.8) is 0 Å². The predicted octanol–water partition coefficient (Wildman–Crippen LogP) is 4.32. The molecule has 0 fully saturated rings. The molecular weight excluding hydrogens is 426 g/mol. The first-order valence-electron chi connectivity index (χ1n) is 10.2. The van der Waals surface area contributed by atoms with Crippen LogP contribution in [0.4, 0.5) is 5.13 Å². The maximum Gasteiger partial charge on any atom is 0.293 e. The highest BCUT2D eigenvalue weighted by atomic mass is 32.1. The van der Waals surface area contributed by atoms with E-state index in [1.807, 2.05) is 31.2 Å². The Morgan fingerprint density at radius 1 is 1.09 bits per heavy atom. The van der Waals surface area contributed by atoms with E-state index in [0.717, 1.165) is 22.2 Å². The molecule has 0 unspecified atom stereocenters. The number of fused-ring (bicyclic) bond motifs is 2. The maximum absolute atomic E-state index is 12.9. The highest BCUT2D eigenvalue weighted by molar-refractivity contribution is 7.22. The third-order valence-corrected chi connectivity index (χ3v) is 6.23. The van der Waals surface area contributed by atoms with Crippen LogP contribution < -0.4 is 10.7 Å². The van der Waals surface area contributed by atoms with Gasteiger partial charge in [-0.3, -0.25) is 19.9 Å². The summed E-state index contributed by atoms with van der Waals surface area (Å²) in [5.74, 6) is 0.280. The monoisotopic (exact) mass is 445 g/mol. The van der Waals surface area contributed by atoms with Crippen molar-refractivity contribution < 1.29 is 14.0 Å². The Hall–Kier alpha value is -3.85. The number of furan rings is 1. The van der Waals surface area contributed by atoms with E-state index < -0.39 is 0 Å². The van der Waals surface area contributed by atoms with Crippen LogP contribution in [0.2, 0.25) is 0 Å². The Labute approximate surface area is 187 Å². The van der Waals surface area contributed by atoms with Gasteiger partial charge >= 0.3 is 0 Å². The Kier molecular flexibility index (Phi) is 5.24. The van der Waals surface area contributed by atoms with Crippen LogP contribution in [-0.2, 0) is 6.42 Å². The molecule has 0 radical (unpaired) electrons. The molecule has 1 aliphatic rings. The molecule has 5 rings (SSSR count). The van der Waals surface area contributed by atoms with Gasteiger partial charge in [-0.25, -0.2) is 10.4 Å². The molecule has 3 aromatic heterocycles. The van der Waals surface area contributed by atoms with E-state index in [2.05, 4.69) is 25.8 Å². The second-order valence-corrected chi connectivity index (χ2v) is 8.41. The van der Waals surface area contributed by atoms with E-state index in [1.165, 1.54) is 11.3 Å². The van der Waals surface area contributed by atoms with Crippen LogP contribution in [0.5, 0.6) is 0 Å². The molecule has 2 N–H and O–H groups in total. The topological polar surface area (TPSA) is 109 Å². The summed E-state index contributed by atoms with van der Waals surface area (Å²) in [6, 6.07) is 11.0. The molecule has 0 saturated carbocycles. The second-order valence-electron chi connectivity index (χ2n) is 7.38. The predicted molar refractivity (Wildman–Crippen MR) is 122 cm³/mol. The van der Waals surface area contributed by atoms with E-state index >= 15 is 0 Å². The molecule has 3 heterocycles. The Morgan fingerprint density at radius 3 is 2.72 bits per heavy atom. The smallest absolute Gasteiger partial charge is 0.293 e. The molecule has 4 aromatic rings. The standard InChI is InChI=1S/C23H19N5O3S/c1-13-19-16(27-28-21(29)14-9-11-24-12-10-14)6-4-7-17(19)31-20(13)22(30)26-23-25-15-5-2-3-8-18(15)32-23/h2-3,5,8-12H,4,6-7H2,1H3,(H,28,29)(H,25,26,30)/b27-16+. The number of anilines is 1. The Balaban J connectivity index is 1.39. The van der Waals surface area contributed by atoms with Gasteiger partial charge in [0.2, 0.25) is 0 Å². The lowest BCUT2D eigenvalue weighted by Crippen LogP contribution is -2.22. The number of thiazole rings is 1. The Bertz CT molecular complexity index is 1320. The first kappa shape index (κ1) is 20.1. The average molecular weight is 446 g/mol. The number of amides is 2. The summed E-state index contributed by atoms with van der Waals surface area (Å²) < 4.78 is 6.93. The summed E-state index contributed by atoms with van der Waals surface area (Å²) in [4.78, 5) is 33.6. The third kappa shape index (κ3) is 3.78. The number of rotatable bonds is 4. The lowest BCUT2D eigenvalue weighted by Gasteiger charge is -2.13. The zero-order valence-corrected chi connectivity index (χ0v) is 18.0. The summed E-state index contributed by atoms with van der Waals surface area (Å²) in [6.45, 7) is 1.83. The van der Waals surface area contributed by atoms with Gasteiger partial charge in [-0.1, -0.05) is 23.5 Å². The molecule has 9 heteroatoms. The number of hydrogen-bond acceptors (Lipinski definition) is 7. The number of aryl methyl sites for hydroxylation is 1. The minimum absolute atomic E-state index is 0.240. The third-order valence-electron chi connectivity index (χ3n) is 5.28. The molecule has 0 saturated heterocycles. The summed E-state index contributed by atoms with van der Waals surface area (Å²) in [6.07, 6.45) is 5.32. The molecule has 1 aromatic carbocycles. The molecular formula is C23H19N5O3S. The molecule has 0 aliphatic heterocycles. The van der Waals surface area contributed by atoms with Gasteiger partial charge in [0.1, 0.15) is 5.76 Å². The van der Waals surface area contributed by atoms with Gasteiger partial charge in [0.25, 0.3) is 11.8 Å². The lowest BCUT2D eigenvalue weighted by molar-refractivity contribution is 0.0953. The van der Waals surface area contributed by atoms with Crippen LogP contribution in [0.1, 0.15) is 50.6 Å². The van der Waals surface area contributed by atoms with Crippen molar-refractivity contribution in [2.75, 3.05) is 5.32 Å². The van der Waals surface area contributed by atoms with Crippen LogP contribution >= 0.6 is 11.3 Å². The van der Waals surface area contributed by atoms with E-state index in [1.54, 1.807) is 24.5 Å². The zero-order valence-electron chi connectivity index (χ0n) is 17.2. The number of aromatic nitrogens is 2. The minimum Gasteiger partial charge on any atom is -0.455 e. The second kappa shape index (κ2) is 8.35. The number of hydrogen-bond donors (Lipinski definition) is 2. The fourth-order valence-corrected chi connectivity index (χ4v) is 4.62. The molecule has 160 valence electrons. The first-order valence-corrected chi connectivity index (χ1v) is 11.0. The van der Waals surface area contributed by atoms with Crippen molar-refractivity contribution >= 4 is 44.2 Å². The minimum atomic E-state index is -0.351. The van der Waals surface area contributed by atoms with Gasteiger partial charge in [-0.15, -0.1) is 0 Å². The lowest BCUT2D eigenvalue weighted by atomic mass is 9.93. The molecule has 0 atom stereocenters. The van der Waals surface area contributed by atoms with Crippen LogP contribution in [0.15, 0.2) is 58.3 Å². The number of carbonyl (C=O) groups excluding carboxylic acids is 2. The van der Waals surface area contributed by atoms with Gasteiger partial charge in [0.05, 0.1) is 15.9 Å². The molecule has 32 heavy (non-hydrogen) atoms. The van der Waals surface area contributed by atoms with Gasteiger partial charge in [-0.2, -0.15) is 5.10 Å². The van der Waals surface area contributed by atoms with Crippen LogP contribution in [0.3, 0.4) is 0 Å². The van der Waals surface area contributed by atoms with Crippen molar-refractivity contribution in [1.29, 1.82) is 0 Å². The van der Waals surface area contributed by atoms with Crippen molar-refractivity contribution in [2.24, 2.45) is 5.10 Å². The summed E-state index contributed by atoms with van der Waals surface area (Å²) in [5.41, 5.74) is 6.11. The van der Waals surface area contributed by atoms with E-state index in [4.69, 9.17) is 4.42 Å². The van der Waals surface area contributed by atoms with E-state index in [9.17, 15) is 9.59 Å². The van der Waals surface area contributed by atoms with Crippen LogP contribution in [0, 0.1) is 6.92 Å². The number of carbonyl (C=O) groups is 2. The largest absolute Gasteiger partial charge is 0.455 e. The highest BCUT2D eigenvalue weighted by Gasteiger charge is 2.28. The SMILES string of the molecule is Cc1c(C(=O)Nc2nc3ccccc3s2)oc2c1/C(=N/NC(=O)c1ccncc1)CCC2. The average Bonchev–Trinajstić information content (AvgIpc) is 3.38. The highest BCUT2D eigenvalue weighted by Crippen LogP contribution is 2.31. The number of benzene rings is 1. The molecule has 8 nitrogen and oxygen atoms in total. The molecule has 0 spiro atoms. The fourth-order valence-electron chi connectivity index (χ4n) is 3.76. The van der Waals surface area contributed by atoms with Gasteiger partial charge in [0.15, 0.2) is 10.9 Å². The number of para-hydroxylation sites is 1. The molecule has 0 bridgehead atoms. The van der Waals surface area contributed by atoms with Crippen molar-refractivity contribution in [1.82, 2.24) is 15.4 Å². The summed E-state index contributed by atoms with van der Waals surface area (Å²) in [7, 11) is 0. The van der Waals surface area contributed by atoms with Gasteiger partial charge < -0.3 is 4.42 Å². The summed E-state index contributed by atoms with van der Waals surface area (Å²) in [5, 5.41) is 7.70.